The maximum atomic E-state index is 4.91. The van der Waals surface area contributed by atoms with E-state index in [2.05, 4.69) is 29.0 Å². The molecule has 2 heterocycles. The summed E-state index contributed by atoms with van der Waals surface area (Å²) in [5.74, 6) is 0.769. The van der Waals surface area contributed by atoms with Crippen LogP contribution in [-0.2, 0) is 0 Å². The normalized spacial score (nSPS) is 10.9. The van der Waals surface area contributed by atoms with Crippen molar-refractivity contribution in [1.82, 2.24) is 19.7 Å². The molecule has 27 heavy (non-hydrogen) atoms. The summed E-state index contributed by atoms with van der Waals surface area (Å²) < 4.78 is 1.89. The number of para-hydroxylation sites is 1. The first-order valence-electron chi connectivity index (χ1n) is 8.62. The highest BCUT2D eigenvalue weighted by molar-refractivity contribution is 7.98. The molecule has 4 aromatic rings. The van der Waals surface area contributed by atoms with E-state index in [4.69, 9.17) is 10.1 Å². The number of aromatic nitrogens is 4. The van der Waals surface area contributed by atoms with E-state index >= 15 is 0 Å². The smallest absolute Gasteiger partial charge is 0.191 e. The van der Waals surface area contributed by atoms with Gasteiger partial charge in [-0.2, -0.15) is 5.10 Å². The SMILES string of the molecule is C=CCNc1nc(SC)nc2c1c(-c1ccccc1)nn2-c1ccccc1. The lowest BCUT2D eigenvalue weighted by atomic mass is 10.1. The minimum Gasteiger partial charge on any atom is -0.366 e. The van der Waals surface area contributed by atoms with Crippen molar-refractivity contribution in [2.75, 3.05) is 18.1 Å². The number of thioether (sulfide) groups is 1. The number of hydrogen-bond donors (Lipinski definition) is 1. The van der Waals surface area contributed by atoms with Gasteiger partial charge in [-0.05, 0) is 18.4 Å². The van der Waals surface area contributed by atoms with Crippen LogP contribution in [0.3, 0.4) is 0 Å². The van der Waals surface area contributed by atoms with E-state index in [0.29, 0.717) is 11.7 Å². The van der Waals surface area contributed by atoms with Crippen LogP contribution in [0.25, 0.3) is 28.0 Å². The predicted molar refractivity (Wildman–Crippen MR) is 113 cm³/mol. The Morgan fingerprint density at radius 3 is 2.41 bits per heavy atom. The van der Waals surface area contributed by atoms with Gasteiger partial charge in [0.2, 0.25) is 0 Å². The molecule has 0 spiro atoms. The van der Waals surface area contributed by atoms with Crippen molar-refractivity contribution in [3.63, 3.8) is 0 Å². The molecule has 5 nitrogen and oxygen atoms in total. The van der Waals surface area contributed by atoms with Crippen LogP contribution in [0.1, 0.15) is 0 Å². The largest absolute Gasteiger partial charge is 0.366 e. The van der Waals surface area contributed by atoms with Gasteiger partial charge in [-0.3, -0.25) is 0 Å². The molecule has 0 radical (unpaired) electrons. The zero-order valence-corrected chi connectivity index (χ0v) is 15.8. The van der Waals surface area contributed by atoms with Gasteiger partial charge in [-0.1, -0.05) is 66.4 Å². The number of benzene rings is 2. The highest BCUT2D eigenvalue weighted by Gasteiger charge is 2.20. The Bertz CT molecular complexity index is 1070. The van der Waals surface area contributed by atoms with Crippen LogP contribution in [0.2, 0.25) is 0 Å². The molecule has 0 atom stereocenters. The third-order valence-corrected chi connectivity index (χ3v) is 4.70. The Labute approximate surface area is 162 Å². The summed E-state index contributed by atoms with van der Waals surface area (Å²) in [6.45, 7) is 4.42. The average molecular weight is 373 g/mol. The summed E-state index contributed by atoms with van der Waals surface area (Å²) in [6.07, 6.45) is 3.79. The minimum absolute atomic E-state index is 0.616. The van der Waals surface area contributed by atoms with Crippen LogP contribution in [0.5, 0.6) is 0 Å². The Hall–Kier alpha value is -3.12. The van der Waals surface area contributed by atoms with Gasteiger partial charge >= 0.3 is 0 Å². The second-order valence-corrected chi connectivity index (χ2v) is 6.66. The average Bonchev–Trinajstić information content (AvgIpc) is 3.13. The molecule has 2 aromatic carbocycles. The number of nitrogens with one attached hydrogen (secondary N) is 1. The predicted octanol–water partition coefficient (Wildman–Crippen LogP) is 4.80. The lowest BCUT2D eigenvalue weighted by molar-refractivity contribution is 0.880. The molecule has 0 saturated heterocycles. The van der Waals surface area contributed by atoms with Gasteiger partial charge in [0.15, 0.2) is 10.8 Å². The van der Waals surface area contributed by atoms with E-state index in [1.54, 1.807) is 0 Å². The summed E-state index contributed by atoms with van der Waals surface area (Å²) in [4.78, 5) is 9.46. The lowest BCUT2D eigenvalue weighted by Gasteiger charge is -2.08. The number of anilines is 1. The summed E-state index contributed by atoms with van der Waals surface area (Å²) in [7, 11) is 0. The van der Waals surface area contributed by atoms with E-state index in [0.717, 1.165) is 33.8 Å². The van der Waals surface area contributed by atoms with Crippen molar-refractivity contribution < 1.29 is 0 Å². The summed E-state index contributed by atoms with van der Waals surface area (Å²) in [5, 5.41) is 9.87. The van der Waals surface area contributed by atoms with Crippen LogP contribution in [0, 0.1) is 0 Å². The second kappa shape index (κ2) is 7.63. The highest BCUT2D eigenvalue weighted by atomic mass is 32.2. The first-order valence-corrected chi connectivity index (χ1v) is 9.84. The third kappa shape index (κ3) is 3.31. The van der Waals surface area contributed by atoms with Crippen LogP contribution < -0.4 is 5.32 Å². The molecule has 0 aliphatic rings. The maximum absolute atomic E-state index is 4.91. The van der Waals surface area contributed by atoms with Gasteiger partial charge < -0.3 is 5.32 Å². The lowest BCUT2D eigenvalue weighted by Crippen LogP contribution is -2.04. The zero-order chi connectivity index (χ0) is 18.6. The Morgan fingerprint density at radius 2 is 1.74 bits per heavy atom. The summed E-state index contributed by atoms with van der Waals surface area (Å²) >= 11 is 1.51. The number of nitrogens with zero attached hydrogens (tertiary/aromatic N) is 4. The van der Waals surface area contributed by atoms with Gasteiger partial charge in [0.1, 0.15) is 11.5 Å². The van der Waals surface area contributed by atoms with Crippen molar-refractivity contribution in [3.05, 3.63) is 73.3 Å². The Morgan fingerprint density at radius 1 is 1.04 bits per heavy atom. The van der Waals surface area contributed by atoms with E-state index in [-0.39, 0.29) is 0 Å². The van der Waals surface area contributed by atoms with E-state index in [9.17, 15) is 0 Å². The van der Waals surface area contributed by atoms with Gasteiger partial charge in [-0.15, -0.1) is 6.58 Å². The molecule has 4 rings (SSSR count). The highest BCUT2D eigenvalue weighted by Crippen LogP contribution is 2.34. The summed E-state index contributed by atoms with van der Waals surface area (Å²) in [6, 6.07) is 20.2. The van der Waals surface area contributed by atoms with Crippen LogP contribution in [0.4, 0.5) is 5.82 Å². The quantitative estimate of drug-likeness (QED) is 0.299. The topological polar surface area (TPSA) is 55.6 Å². The first-order chi connectivity index (χ1) is 13.3. The molecule has 2 aromatic heterocycles. The molecule has 0 saturated carbocycles. The third-order valence-electron chi connectivity index (χ3n) is 4.15. The molecule has 0 aliphatic carbocycles. The molecule has 0 unspecified atom stereocenters. The van der Waals surface area contributed by atoms with Crippen molar-refractivity contribution in [3.8, 4) is 16.9 Å². The molecular formula is C21H19N5S. The van der Waals surface area contributed by atoms with Gasteiger partial charge in [-0.25, -0.2) is 14.6 Å². The van der Waals surface area contributed by atoms with E-state index in [1.807, 2.05) is 65.5 Å². The molecular weight excluding hydrogens is 354 g/mol. The second-order valence-electron chi connectivity index (χ2n) is 5.89. The van der Waals surface area contributed by atoms with E-state index < -0.39 is 0 Å². The monoisotopic (exact) mass is 373 g/mol. The van der Waals surface area contributed by atoms with Gasteiger partial charge in [0.25, 0.3) is 0 Å². The van der Waals surface area contributed by atoms with Crippen molar-refractivity contribution in [2.45, 2.75) is 5.16 Å². The minimum atomic E-state index is 0.616. The molecule has 0 aliphatic heterocycles. The Kier molecular flexibility index (Phi) is 4.89. The molecule has 0 amide bonds. The fourth-order valence-electron chi connectivity index (χ4n) is 2.93. The number of rotatable bonds is 6. The number of fused-ring (bicyclic) bond motifs is 1. The zero-order valence-electron chi connectivity index (χ0n) is 15.0. The number of hydrogen-bond acceptors (Lipinski definition) is 5. The van der Waals surface area contributed by atoms with Crippen LogP contribution in [0.15, 0.2) is 78.5 Å². The van der Waals surface area contributed by atoms with Crippen LogP contribution in [-0.4, -0.2) is 32.5 Å². The summed E-state index contributed by atoms with van der Waals surface area (Å²) in [5.41, 5.74) is 3.63. The van der Waals surface area contributed by atoms with E-state index in [1.165, 1.54) is 11.8 Å². The van der Waals surface area contributed by atoms with Gasteiger partial charge in [0, 0.05) is 12.1 Å². The molecule has 1 N–H and O–H groups in total. The standard InChI is InChI=1S/C21H19N5S/c1-3-14-22-19-17-18(15-10-6-4-7-11-15)25-26(16-12-8-5-9-13-16)20(17)24-21(23-19)27-2/h3-13H,1,14H2,2H3,(H,22,23,24). The first kappa shape index (κ1) is 17.3. The van der Waals surface area contributed by atoms with Crippen LogP contribution >= 0.6 is 11.8 Å². The molecule has 0 bridgehead atoms. The Balaban J connectivity index is 2.05. The fraction of sp³-hybridized carbons (Fsp3) is 0.0952. The molecule has 134 valence electrons. The molecule has 6 heteroatoms. The maximum Gasteiger partial charge on any atom is 0.191 e. The molecule has 0 fully saturated rings. The fourth-order valence-corrected chi connectivity index (χ4v) is 3.29. The van der Waals surface area contributed by atoms with Crippen molar-refractivity contribution in [1.29, 1.82) is 0 Å². The van der Waals surface area contributed by atoms with Crippen molar-refractivity contribution in [2.24, 2.45) is 0 Å². The van der Waals surface area contributed by atoms with Crippen molar-refractivity contribution >= 4 is 28.6 Å². The van der Waals surface area contributed by atoms with Gasteiger partial charge in [0.05, 0.1) is 11.1 Å².